The summed E-state index contributed by atoms with van der Waals surface area (Å²) in [5.41, 5.74) is 1.82. The molecule has 10 heteroatoms. The predicted molar refractivity (Wildman–Crippen MR) is 131 cm³/mol. The van der Waals surface area contributed by atoms with Crippen LogP contribution in [0.15, 0.2) is 42.5 Å². The summed E-state index contributed by atoms with van der Waals surface area (Å²) in [5, 5.41) is 2.81. The highest BCUT2D eigenvalue weighted by atomic mass is 16.5. The first kappa shape index (κ1) is 24.0. The monoisotopic (exact) mass is 492 g/mol. The maximum Gasteiger partial charge on any atom is 0.267 e. The molecule has 1 fully saturated rings. The molecule has 2 aromatic rings. The van der Waals surface area contributed by atoms with E-state index in [1.165, 1.54) is 0 Å². The quantitative estimate of drug-likeness (QED) is 0.587. The van der Waals surface area contributed by atoms with Crippen LogP contribution in [-0.4, -0.2) is 85.5 Å². The highest BCUT2D eigenvalue weighted by Gasteiger charge is 2.35. The van der Waals surface area contributed by atoms with Gasteiger partial charge in [-0.05, 0) is 37.3 Å². The van der Waals surface area contributed by atoms with Gasteiger partial charge in [-0.1, -0.05) is 12.1 Å². The zero-order valence-corrected chi connectivity index (χ0v) is 20.1. The van der Waals surface area contributed by atoms with E-state index >= 15 is 0 Å². The van der Waals surface area contributed by atoms with Gasteiger partial charge in [-0.3, -0.25) is 29.0 Å². The van der Waals surface area contributed by atoms with Crippen molar-refractivity contribution in [1.29, 1.82) is 0 Å². The Kier molecular flexibility index (Phi) is 6.71. The Labute approximate surface area is 208 Å². The fourth-order valence-corrected chi connectivity index (χ4v) is 4.66. The number of imide groups is 1. The molecule has 0 aliphatic carbocycles. The van der Waals surface area contributed by atoms with E-state index in [-0.39, 0.29) is 24.8 Å². The maximum absolute atomic E-state index is 12.9. The van der Waals surface area contributed by atoms with Gasteiger partial charge in [0.2, 0.25) is 5.91 Å². The number of hydrogen-bond donors (Lipinski definition) is 1. The van der Waals surface area contributed by atoms with Crippen LogP contribution in [0.3, 0.4) is 0 Å². The lowest BCUT2D eigenvalue weighted by Crippen LogP contribution is -2.48. The molecule has 1 atom stereocenters. The zero-order chi connectivity index (χ0) is 25.2. The third-order valence-electron chi connectivity index (χ3n) is 6.64. The molecule has 0 radical (unpaired) electrons. The SMILES string of the molecule is CC1Oc2ccc(NC(=O)CCN3C(=O)c4ccccc4C3=O)cc2N(CCN2CCOCC2)C1=O. The van der Waals surface area contributed by atoms with Crippen LogP contribution in [0.2, 0.25) is 0 Å². The van der Waals surface area contributed by atoms with Crippen molar-refractivity contribution >= 4 is 35.0 Å². The van der Waals surface area contributed by atoms with Gasteiger partial charge in [0.1, 0.15) is 5.75 Å². The lowest BCUT2D eigenvalue weighted by molar-refractivity contribution is -0.125. The largest absolute Gasteiger partial charge is 0.479 e. The van der Waals surface area contributed by atoms with Crippen LogP contribution in [0.1, 0.15) is 34.1 Å². The van der Waals surface area contributed by atoms with Gasteiger partial charge in [-0.25, -0.2) is 0 Å². The van der Waals surface area contributed by atoms with Crippen molar-refractivity contribution < 1.29 is 28.7 Å². The van der Waals surface area contributed by atoms with Crippen molar-refractivity contribution in [2.24, 2.45) is 0 Å². The number of morpholine rings is 1. The topological polar surface area (TPSA) is 108 Å². The molecule has 36 heavy (non-hydrogen) atoms. The number of rotatable bonds is 7. The van der Waals surface area contributed by atoms with Crippen LogP contribution in [0.4, 0.5) is 11.4 Å². The van der Waals surface area contributed by atoms with Gasteiger partial charge in [-0.2, -0.15) is 0 Å². The lowest BCUT2D eigenvalue weighted by Gasteiger charge is -2.35. The van der Waals surface area contributed by atoms with Gasteiger partial charge in [0.05, 0.1) is 30.0 Å². The number of anilines is 2. The number of amides is 4. The Morgan fingerprint density at radius 3 is 2.33 bits per heavy atom. The van der Waals surface area contributed by atoms with Crippen LogP contribution < -0.4 is 15.0 Å². The molecule has 0 aromatic heterocycles. The minimum Gasteiger partial charge on any atom is -0.479 e. The van der Waals surface area contributed by atoms with E-state index in [0.29, 0.717) is 54.6 Å². The van der Waals surface area contributed by atoms with Gasteiger partial charge in [0.25, 0.3) is 17.7 Å². The summed E-state index contributed by atoms with van der Waals surface area (Å²) in [6.45, 7) is 5.92. The van der Waals surface area contributed by atoms with Gasteiger partial charge in [0.15, 0.2) is 6.10 Å². The number of nitrogens with zero attached hydrogens (tertiary/aromatic N) is 3. The van der Waals surface area contributed by atoms with Crippen LogP contribution in [0.5, 0.6) is 5.75 Å². The Morgan fingerprint density at radius 1 is 0.944 bits per heavy atom. The number of hydrogen-bond acceptors (Lipinski definition) is 7. The number of carbonyl (C=O) groups excluding carboxylic acids is 4. The first-order valence-electron chi connectivity index (χ1n) is 12.1. The van der Waals surface area contributed by atoms with Crippen molar-refractivity contribution in [1.82, 2.24) is 9.80 Å². The number of carbonyl (C=O) groups is 4. The Morgan fingerprint density at radius 2 is 1.64 bits per heavy atom. The van der Waals surface area contributed by atoms with Gasteiger partial charge < -0.3 is 19.7 Å². The van der Waals surface area contributed by atoms with E-state index in [2.05, 4.69) is 10.2 Å². The Balaban J connectivity index is 1.23. The molecule has 1 N–H and O–H groups in total. The molecule has 3 heterocycles. The maximum atomic E-state index is 12.9. The summed E-state index contributed by atoms with van der Waals surface area (Å²) < 4.78 is 11.2. The summed E-state index contributed by atoms with van der Waals surface area (Å²) in [6.07, 6.45) is -0.641. The Bertz CT molecular complexity index is 1170. The second-order valence-corrected chi connectivity index (χ2v) is 8.99. The standard InChI is InChI=1S/C26H28N4O6/c1-17-24(32)29(11-10-28-12-14-35-15-13-28)21-16-18(6-7-22(21)36-17)27-23(31)8-9-30-25(33)19-4-2-3-5-20(19)26(30)34/h2-7,16-17H,8-15H2,1H3,(H,27,31). The van der Waals surface area contributed by atoms with Gasteiger partial charge >= 0.3 is 0 Å². The number of fused-ring (bicyclic) bond motifs is 2. The van der Waals surface area contributed by atoms with Crippen LogP contribution in [0.25, 0.3) is 0 Å². The molecule has 0 bridgehead atoms. The third kappa shape index (κ3) is 4.69. The molecule has 10 nitrogen and oxygen atoms in total. The molecular formula is C26H28N4O6. The first-order valence-corrected chi connectivity index (χ1v) is 12.1. The fraction of sp³-hybridized carbons (Fsp3) is 0.385. The second-order valence-electron chi connectivity index (χ2n) is 8.99. The van der Waals surface area contributed by atoms with Crippen molar-refractivity contribution in [2.75, 3.05) is 56.2 Å². The normalized spacial score (nSPS) is 19.7. The molecule has 2 aromatic carbocycles. The average Bonchev–Trinajstić information content (AvgIpc) is 3.13. The van der Waals surface area contributed by atoms with E-state index in [1.807, 2.05) is 0 Å². The Hall–Kier alpha value is -3.76. The molecule has 1 saturated heterocycles. The summed E-state index contributed by atoms with van der Waals surface area (Å²) >= 11 is 0. The lowest BCUT2D eigenvalue weighted by atomic mass is 10.1. The number of ether oxygens (including phenoxy) is 2. The smallest absolute Gasteiger partial charge is 0.267 e. The molecule has 188 valence electrons. The summed E-state index contributed by atoms with van der Waals surface area (Å²) in [4.78, 5) is 55.7. The summed E-state index contributed by atoms with van der Waals surface area (Å²) in [7, 11) is 0. The van der Waals surface area contributed by atoms with E-state index in [9.17, 15) is 19.2 Å². The van der Waals surface area contributed by atoms with Gasteiger partial charge in [-0.15, -0.1) is 0 Å². The molecule has 3 aliphatic rings. The number of benzene rings is 2. The number of nitrogens with one attached hydrogen (secondary N) is 1. The summed E-state index contributed by atoms with van der Waals surface area (Å²) in [5.74, 6) is -0.684. The van der Waals surface area contributed by atoms with Crippen LogP contribution in [-0.2, 0) is 14.3 Å². The highest BCUT2D eigenvalue weighted by molar-refractivity contribution is 6.21. The molecule has 3 aliphatic heterocycles. The molecule has 4 amide bonds. The van der Waals surface area contributed by atoms with Crippen LogP contribution >= 0.6 is 0 Å². The van der Waals surface area contributed by atoms with Crippen molar-refractivity contribution in [2.45, 2.75) is 19.4 Å². The van der Waals surface area contributed by atoms with Crippen molar-refractivity contribution in [3.63, 3.8) is 0 Å². The third-order valence-corrected chi connectivity index (χ3v) is 6.64. The van der Waals surface area contributed by atoms with E-state index < -0.39 is 17.9 Å². The second kappa shape index (κ2) is 10.1. The summed E-state index contributed by atoms with van der Waals surface area (Å²) in [6, 6.07) is 11.8. The average molecular weight is 493 g/mol. The van der Waals surface area contributed by atoms with E-state index in [1.54, 1.807) is 54.3 Å². The van der Waals surface area contributed by atoms with E-state index in [4.69, 9.17) is 9.47 Å². The highest BCUT2D eigenvalue weighted by Crippen LogP contribution is 2.36. The molecular weight excluding hydrogens is 464 g/mol. The predicted octanol–water partition coefficient (Wildman–Crippen LogP) is 1.76. The molecule has 0 saturated carbocycles. The molecule has 0 spiro atoms. The minimum absolute atomic E-state index is 0.0199. The first-order chi connectivity index (χ1) is 17.4. The molecule has 5 rings (SSSR count). The minimum atomic E-state index is -0.595. The van der Waals surface area contributed by atoms with Crippen molar-refractivity contribution in [3.05, 3.63) is 53.6 Å². The van der Waals surface area contributed by atoms with E-state index in [0.717, 1.165) is 18.0 Å². The zero-order valence-electron chi connectivity index (χ0n) is 20.1. The van der Waals surface area contributed by atoms with Gasteiger partial charge in [0, 0.05) is 44.8 Å². The fourth-order valence-electron chi connectivity index (χ4n) is 4.66. The van der Waals surface area contributed by atoms with Crippen molar-refractivity contribution in [3.8, 4) is 5.75 Å². The molecule has 1 unspecified atom stereocenters. The van der Waals surface area contributed by atoms with Crippen LogP contribution in [0, 0.1) is 0 Å².